The minimum absolute atomic E-state index is 0.0391. The van der Waals surface area contributed by atoms with Crippen molar-refractivity contribution in [2.75, 3.05) is 62.5 Å². The third-order valence-electron chi connectivity index (χ3n) is 3.98. The van der Waals surface area contributed by atoms with Crippen molar-refractivity contribution in [2.24, 2.45) is 5.41 Å². The average molecular weight is 497 g/mol. The summed E-state index contributed by atoms with van der Waals surface area (Å²) in [5.74, 6) is 1.32. The third kappa shape index (κ3) is 15.4. The summed E-state index contributed by atoms with van der Waals surface area (Å²) in [6.07, 6.45) is 7.20. The number of ether oxygens (including phenoxy) is 4. The number of thioether (sulfide) groups is 3. The van der Waals surface area contributed by atoms with Gasteiger partial charge in [-0.05, 0) is 25.2 Å². The van der Waals surface area contributed by atoms with Gasteiger partial charge in [0.05, 0.1) is 24.4 Å². The quantitative estimate of drug-likeness (QED) is 0.149. The van der Waals surface area contributed by atoms with Gasteiger partial charge in [0.1, 0.15) is 31.8 Å². The fourth-order valence-corrected chi connectivity index (χ4v) is 3.35. The molecular formula is C21H36O7S3. The topological polar surface area (TPSA) is 88.1 Å². The van der Waals surface area contributed by atoms with Crippen LogP contribution in [0.1, 0.15) is 32.6 Å². The van der Waals surface area contributed by atoms with Crippen LogP contribution in [0.3, 0.4) is 0 Å². The van der Waals surface area contributed by atoms with Crippen LogP contribution in [0.5, 0.6) is 0 Å². The minimum atomic E-state index is -1.02. The maximum absolute atomic E-state index is 12.1. The van der Waals surface area contributed by atoms with Crippen molar-refractivity contribution in [1.82, 2.24) is 0 Å². The van der Waals surface area contributed by atoms with Crippen molar-refractivity contribution in [2.45, 2.75) is 32.6 Å². The Morgan fingerprint density at radius 2 is 1.13 bits per heavy atom. The van der Waals surface area contributed by atoms with Gasteiger partial charge in [-0.3, -0.25) is 14.4 Å². The lowest BCUT2D eigenvalue weighted by Gasteiger charge is -2.32. The standard InChI is InChI=1S/C21H36O7S3/c1-6-7-18(22)26-14-21(13-25-17(2)12-31-5,15-27-19(23)8-10-29-3)16-28-20(24)9-11-30-4/h2,6-16H2,1,3-5H3. The van der Waals surface area contributed by atoms with E-state index in [9.17, 15) is 14.4 Å². The summed E-state index contributed by atoms with van der Waals surface area (Å²) < 4.78 is 22.1. The molecule has 0 heterocycles. The highest BCUT2D eigenvalue weighted by Gasteiger charge is 2.37. The zero-order valence-corrected chi connectivity index (χ0v) is 21.5. The minimum Gasteiger partial charge on any atom is -0.497 e. The van der Waals surface area contributed by atoms with Crippen molar-refractivity contribution in [1.29, 1.82) is 0 Å². The molecule has 0 rings (SSSR count). The molecule has 7 nitrogen and oxygen atoms in total. The lowest BCUT2D eigenvalue weighted by molar-refractivity contribution is -0.165. The Hall–Kier alpha value is -1.00. The van der Waals surface area contributed by atoms with Crippen LogP contribution >= 0.6 is 35.3 Å². The Labute approximate surface area is 199 Å². The molecule has 0 saturated carbocycles. The first-order valence-corrected chi connectivity index (χ1v) is 14.2. The molecule has 0 aromatic rings. The van der Waals surface area contributed by atoms with E-state index in [1.807, 2.05) is 25.7 Å². The normalized spacial score (nSPS) is 11.0. The molecule has 0 aliphatic carbocycles. The Morgan fingerprint density at radius 1 is 0.710 bits per heavy atom. The number of hydrogen-bond acceptors (Lipinski definition) is 10. The van der Waals surface area contributed by atoms with Crippen LogP contribution in [0.4, 0.5) is 0 Å². The fraction of sp³-hybridized carbons (Fsp3) is 0.762. The van der Waals surface area contributed by atoms with E-state index in [1.54, 1.807) is 35.3 Å². The molecule has 0 N–H and O–H groups in total. The van der Waals surface area contributed by atoms with E-state index in [-0.39, 0.29) is 63.6 Å². The van der Waals surface area contributed by atoms with Crippen LogP contribution in [-0.4, -0.2) is 80.4 Å². The Bertz CT molecular complexity index is 507. The van der Waals surface area contributed by atoms with Crippen LogP contribution in [0.2, 0.25) is 0 Å². The van der Waals surface area contributed by atoms with Gasteiger partial charge in [-0.25, -0.2) is 0 Å². The van der Waals surface area contributed by atoms with E-state index in [0.29, 0.717) is 29.4 Å². The lowest BCUT2D eigenvalue weighted by Crippen LogP contribution is -2.43. The van der Waals surface area contributed by atoms with Gasteiger partial charge in [-0.2, -0.15) is 35.3 Å². The second-order valence-electron chi connectivity index (χ2n) is 6.98. The van der Waals surface area contributed by atoms with Crippen molar-refractivity contribution < 1.29 is 33.3 Å². The van der Waals surface area contributed by atoms with E-state index < -0.39 is 5.41 Å². The predicted octanol–water partition coefficient (Wildman–Crippen LogP) is 3.80. The number of hydrogen-bond donors (Lipinski definition) is 0. The molecule has 180 valence electrons. The SMILES string of the molecule is C=C(CSC)OCC(COC(=O)CCC)(COC(=O)CCSC)COC(=O)CCSC. The lowest BCUT2D eigenvalue weighted by atomic mass is 9.92. The first-order chi connectivity index (χ1) is 14.8. The van der Waals surface area contributed by atoms with E-state index in [4.69, 9.17) is 18.9 Å². The van der Waals surface area contributed by atoms with Gasteiger partial charge in [0.25, 0.3) is 0 Å². The average Bonchev–Trinajstić information content (AvgIpc) is 2.75. The van der Waals surface area contributed by atoms with E-state index in [2.05, 4.69) is 6.58 Å². The summed E-state index contributed by atoms with van der Waals surface area (Å²) in [7, 11) is 0. The summed E-state index contributed by atoms with van der Waals surface area (Å²) in [5, 5.41) is 0. The van der Waals surface area contributed by atoms with Crippen molar-refractivity contribution >= 4 is 53.2 Å². The van der Waals surface area contributed by atoms with Gasteiger partial charge in [-0.15, -0.1) is 0 Å². The maximum Gasteiger partial charge on any atom is 0.306 e. The molecule has 0 bridgehead atoms. The molecule has 0 atom stereocenters. The van der Waals surface area contributed by atoms with E-state index in [0.717, 1.165) is 0 Å². The van der Waals surface area contributed by atoms with Gasteiger partial charge in [0.2, 0.25) is 0 Å². The molecule has 0 aromatic heterocycles. The first kappa shape index (κ1) is 30.0. The zero-order chi connectivity index (χ0) is 23.5. The molecule has 0 unspecified atom stereocenters. The molecule has 0 amide bonds. The molecule has 0 aromatic carbocycles. The van der Waals surface area contributed by atoms with E-state index >= 15 is 0 Å². The third-order valence-corrected chi connectivity index (χ3v) is 5.82. The number of rotatable bonds is 19. The maximum atomic E-state index is 12.1. The van der Waals surface area contributed by atoms with Gasteiger partial charge >= 0.3 is 17.9 Å². The van der Waals surface area contributed by atoms with Gasteiger partial charge in [0, 0.05) is 17.9 Å². The number of carbonyl (C=O) groups is 3. The Morgan fingerprint density at radius 3 is 1.52 bits per heavy atom. The highest BCUT2D eigenvalue weighted by Crippen LogP contribution is 2.24. The molecule has 0 aliphatic heterocycles. The number of esters is 3. The van der Waals surface area contributed by atoms with Crippen LogP contribution in [-0.2, 0) is 33.3 Å². The van der Waals surface area contributed by atoms with Crippen LogP contribution in [0.15, 0.2) is 12.3 Å². The Kier molecular flexibility index (Phi) is 18.0. The summed E-state index contributed by atoms with van der Waals surface area (Å²) >= 11 is 4.64. The second kappa shape index (κ2) is 18.6. The molecule has 0 radical (unpaired) electrons. The molecule has 0 aliphatic rings. The highest BCUT2D eigenvalue weighted by molar-refractivity contribution is 7.99. The summed E-state index contributed by atoms with van der Waals surface area (Å²) in [4.78, 5) is 36.2. The largest absolute Gasteiger partial charge is 0.497 e. The smallest absolute Gasteiger partial charge is 0.306 e. The molecule has 0 saturated heterocycles. The Balaban J connectivity index is 5.37. The monoisotopic (exact) mass is 496 g/mol. The van der Waals surface area contributed by atoms with Crippen LogP contribution in [0, 0.1) is 5.41 Å². The van der Waals surface area contributed by atoms with Gasteiger partial charge in [-0.1, -0.05) is 13.5 Å². The fourth-order valence-electron chi connectivity index (χ4n) is 2.20. The number of carbonyl (C=O) groups excluding carboxylic acids is 3. The summed E-state index contributed by atoms with van der Waals surface area (Å²) in [6.45, 7) is 5.51. The molecule has 0 fully saturated rings. The first-order valence-electron chi connectivity index (χ1n) is 10.1. The van der Waals surface area contributed by atoms with Crippen LogP contribution in [0.25, 0.3) is 0 Å². The zero-order valence-electron chi connectivity index (χ0n) is 19.1. The van der Waals surface area contributed by atoms with Crippen molar-refractivity contribution in [3.8, 4) is 0 Å². The molecule has 0 spiro atoms. The summed E-state index contributed by atoms with van der Waals surface area (Å²) in [5.41, 5.74) is -1.02. The highest BCUT2D eigenvalue weighted by atomic mass is 32.2. The summed E-state index contributed by atoms with van der Waals surface area (Å²) in [6, 6.07) is 0. The van der Waals surface area contributed by atoms with Crippen molar-refractivity contribution in [3.63, 3.8) is 0 Å². The van der Waals surface area contributed by atoms with Crippen LogP contribution < -0.4 is 0 Å². The van der Waals surface area contributed by atoms with Crippen molar-refractivity contribution in [3.05, 3.63) is 12.3 Å². The molecule has 31 heavy (non-hydrogen) atoms. The van der Waals surface area contributed by atoms with E-state index in [1.165, 1.54) is 0 Å². The second-order valence-corrected chi connectivity index (χ2v) is 9.82. The molecular weight excluding hydrogens is 460 g/mol. The molecule has 10 heteroatoms. The predicted molar refractivity (Wildman–Crippen MR) is 130 cm³/mol. The van der Waals surface area contributed by atoms with Gasteiger partial charge < -0.3 is 18.9 Å². The van der Waals surface area contributed by atoms with Gasteiger partial charge in [0.15, 0.2) is 0 Å².